The van der Waals surface area contributed by atoms with Crippen LogP contribution in [-0.4, -0.2) is 25.3 Å². The lowest BCUT2D eigenvalue weighted by atomic mass is 10.0. The molecule has 0 aliphatic carbocycles. The van der Waals surface area contributed by atoms with Gasteiger partial charge in [0.05, 0.1) is 12.2 Å². The molecule has 6 heteroatoms. The fourth-order valence-corrected chi connectivity index (χ4v) is 2.69. The van der Waals surface area contributed by atoms with E-state index in [4.69, 9.17) is 18.9 Å². The molecular weight excluding hydrogens is 396 g/mol. The predicted octanol–water partition coefficient (Wildman–Crippen LogP) is 5.04. The third-order valence-corrected chi connectivity index (χ3v) is 4.25. The summed E-state index contributed by atoms with van der Waals surface area (Å²) in [4.78, 5) is 23.4. The Hall–Kier alpha value is -4.06. The van der Waals surface area contributed by atoms with Crippen molar-refractivity contribution < 1.29 is 28.5 Å². The van der Waals surface area contributed by atoms with Crippen molar-refractivity contribution >= 4 is 11.9 Å². The van der Waals surface area contributed by atoms with Gasteiger partial charge >= 0.3 is 11.9 Å². The fourth-order valence-electron chi connectivity index (χ4n) is 2.69. The van der Waals surface area contributed by atoms with E-state index >= 15 is 0 Å². The minimum absolute atomic E-state index is 0.185. The number of esters is 2. The monoisotopic (exact) mass is 418 g/mol. The van der Waals surface area contributed by atoms with E-state index in [1.807, 2.05) is 31.2 Å². The molecule has 0 amide bonds. The van der Waals surface area contributed by atoms with Crippen LogP contribution in [0.1, 0.15) is 17.3 Å². The molecule has 0 N–H and O–H groups in total. The van der Waals surface area contributed by atoms with Crippen LogP contribution >= 0.6 is 0 Å². The van der Waals surface area contributed by atoms with Crippen molar-refractivity contribution in [3.8, 4) is 28.4 Å². The standard InChI is InChI=1S/C25H22O6/c1-3-24(26)30-17-29-22-11-9-19(10-12-22)18-5-7-20(8-6-18)25(27)31-23-15-13-21(14-16-23)28-4-2/h3,5-16H,1,4,17H2,2H3. The molecule has 0 bridgehead atoms. The molecule has 3 aromatic rings. The SMILES string of the molecule is C=CC(=O)OCOc1ccc(-c2ccc(C(=O)Oc3ccc(OCC)cc3)cc2)cc1. The Kier molecular flexibility index (Phi) is 7.43. The highest BCUT2D eigenvalue weighted by atomic mass is 16.7. The zero-order valence-corrected chi connectivity index (χ0v) is 17.1. The van der Waals surface area contributed by atoms with Crippen molar-refractivity contribution in [1.82, 2.24) is 0 Å². The van der Waals surface area contributed by atoms with Gasteiger partial charge in [0.25, 0.3) is 0 Å². The van der Waals surface area contributed by atoms with Crippen molar-refractivity contribution in [2.75, 3.05) is 13.4 Å². The number of benzene rings is 3. The smallest absolute Gasteiger partial charge is 0.343 e. The zero-order chi connectivity index (χ0) is 22.1. The number of ether oxygens (including phenoxy) is 4. The quantitative estimate of drug-likeness (QED) is 0.210. The molecule has 0 saturated heterocycles. The van der Waals surface area contributed by atoms with Gasteiger partial charge in [-0.15, -0.1) is 0 Å². The Morgan fingerprint density at radius 1 is 0.774 bits per heavy atom. The summed E-state index contributed by atoms with van der Waals surface area (Å²) in [5.41, 5.74) is 2.32. The maximum absolute atomic E-state index is 12.4. The van der Waals surface area contributed by atoms with Crippen molar-refractivity contribution in [3.63, 3.8) is 0 Å². The van der Waals surface area contributed by atoms with E-state index in [0.717, 1.165) is 23.0 Å². The summed E-state index contributed by atoms with van der Waals surface area (Å²) < 4.78 is 20.9. The average molecular weight is 418 g/mol. The molecule has 3 aromatic carbocycles. The lowest BCUT2D eigenvalue weighted by molar-refractivity contribution is -0.144. The summed E-state index contributed by atoms with van der Waals surface area (Å²) in [6, 6.07) is 21.3. The van der Waals surface area contributed by atoms with Crippen LogP contribution in [0.25, 0.3) is 11.1 Å². The minimum atomic E-state index is -0.544. The van der Waals surface area contributed by atoms with Gasteiger partial charge in [-0.3, -0.25) is 0 Å². The van der Waals surface area contributed by atoms with E-state index in [9.17, 15) is 9.59 Å². The molecule has 0 atom stereocenters. The van der Waals surface area contributed by atoms with Crippen LogP contribution in [0.5, 0.6) is 17.2 Å². The number of hydrogen-bond donors (Lipinski definition) is 0. The van der Waals surface area contributed by atoms with Crippen molar-refractivity contribution in [1.29, 1.82) is 0 Å². The Balaban J connectivity index is 1.58. The van der Waals surface area contributed by atoms with Crippen LogP contribution in [0.15, 0.2) is 85.5 Å². The molecule has 0 heterocycles. The highest BCUT2D eigenvalue weighted by Gasteiger charge is 2.09. The van der Waals surface area contributed by atoms with Crippen LogP contribution in [0, 0.1) is 0 Å². The van der Waals surface area contributed by atoms with Crippen LogP contribution < -0.4 is 14.2 Å². The summed E-state index contributed by atoms with van der Waals surface area (Å²) in [5, 5.41) is 0. The first-order chi connectivity index (χ1) is 15.1. The Labute approximate surface area is 180 Å². The molecular formula is C25H22O6. The Bertz CT molecular complexity index is 1020. The first kappa shape index (κ1) is 21.6. The largest absolute Gasteiger partial charge is 0.494 e. The Morgan fingerprint density at radius 3 is 1.87 bits per heavy atom. The first-order valence-corrected chi connectivity index (χ1v) is 9.66. The topological polar surface area (TPSA) is 71.1 Å². The summed E-state index contributed by atoms with van der Waals surface area (Å²) in [7, 11) is 0. The third-order valence-electron chi connectivity index (χ3n) is 4.25. The third kappa shape index (κ3) is 6.21. The lowest BCUT2D eigenvalue weighted by Crippen LogP contribution is -2.08. The van der Waals surface area contributed by atoms with Crippen molar-refractivity contribution in [2.24, 2.45) is 0 Å². The van der Waals surface area contributed by atoms with E-state index in [2.05, 4.69) is 6.58 Å². The second kappa shape index (κ2) is 10.6. The van der Waals surface area contributed by atoms with Gasteiger partial charge in [0, 0.05) is 6.08 Å². The minimum Gasteiger partial charge on any atom is -0.494 e. The molecule has 0 aliphatic rings. The average Bonchev–Trinajstić information content (AvgIpc) is 2.81. The second-order valence-corrected chi connectivity index (χ2v) is 6.33. The molecule has 0 aromatic heterocycles. The molecule has 0 fully saturated rings. The fraction of sp³-hybridized carbons (Fsp3) is 0.120. The first-order valence-electron chi connectivity index (χ1n) is 9.66. The number of hydrogen-bond acceptors (Lipinski definition) is 6. The van der Waals surface area contributed by atoms with Gasteiger partial charge in [-0.05, 0) is 66.6 Å². The van der Waals surface area contributed by atoms with Crippen LogP contribution in [0.2, 0.25) is 0 Å². The number of carbonyl (C=O) groups is 2. The molecule has 0 unspecified atom stereocenters. The maximum Gasteiger partial charge on any atom is 0.343 e. The highest BCUT2D eigenvalue weighted by Crippen LogP contribution is 2.24. The van der Waals surface area contributed by atoms with Crippen LogP contribution in [-0.2, 0) is 9.53 Å². The lowest BCUT2D eigenvalue weighted by Gasteiger charge is -2.08. The molecule has 6 nitrogen and oxygen atoms in total. The van der Waals surface area contributed by atoms with Gasteiger partial charge in [0.2, 0.25) is 6.79 Å². The summed E-state index contributed by atoms with van der Waals surface area (Å²) in [6.07, 6.45) is 1.07. The van der Waals surface area contributed by atoms with Gasteiger partial charge in [-0.25, -0.2) is 9.59 Å². The van der Waals surface area contributed by atoms with E-state index in [1.165, 1.54) is 0 Å². The van der Waals surface area contributed by atoms with E-state index in [1.54, 1.807) is 48.5 Å². The summed E-state index contributed by atoms with van der Waals surface area (Å²) in [6.45, 7) is 5.61. The molecule has 0 spiro atoms. The van der Waals surface area contributed by atoms with Gasteiger partial charge in [0.1, 0.15) is 17.2 Å². The molecule has 0 saturated carbocycles. The van der Waals surface area contributed by atoms with E-state index in [-0.39, 0.29) is 6.79 Å². The number of rotatable bonds is 9. The van der Waals surface area contributed by atoms with Gasteiger partial charge in [-0.1, -0.05) is 30.8 Å². The van der Waals surface area contributed by atoms with Gasteiger partial charge in [-0.2, -0.15) is 0 Å². The summed E-state index contributed by atoms with van der Waals surface area (Å²) >= 11 is 0. The van der Waals surface area contributed by atoms with Crippen molar-refractivity contribution in [2.45, 2.75) is 6.92 Å². The van der Waals surface area contributed by atoms with E-state index < -0.39 is 11.9 Å². The highest BCUT2D eigenvalue weighted by molar-refractivity contribution is 5.91. The van der Waals surface area contributed by atoms with Crippen LogP contribution in [0.4, 0.5) is 0 Å². The molecule has 0 aliphatic heterocycles. The summed E-state index contributed by atoms with van der Waals surface area (Å²) in [5.74, 6) is 0.759. The molecule has 0 radical (unpaired) electrons. The predicted molar refractivity (Wildman–Crippen MR) is 116 cm³/mol. The van der Waals surface area contributed by atoms with E-state index in [0.29, 0.717) is 23.7 Å². The van der Waals surface area contributed by atoms with Gasteiger partial charge in [0.15, 0.2) is 0 Å². The Morgan fingerprint density at radius 2 is 1.29 bits per heavy atom. The molecule has 158 valence electrons. The molecule has 3 rings (SSSR count). The van der Waals surface area contributed by atoms with Crippen molar-refractivity contribution in [3.05, 3.63) is 91.0 Å². The maximum atomic E-state index is 12.4. The molecule has 31 heavy (non-hydrogen) atoms. The normalized spacial score (nSPS) is 10.1. The van der Waals surface area contributed by atoms with Gasteiger partial charge < -0.3 is 18.9 Å². The second-order valence-electron chi connectivity index (χ2n) is 6.33. The number of carbonyl (C=O) groups excluding carboxylic acids is 2. The van der Waals surface area contributed by atoms with Crippen LogP contribution in [0.3, 0.4) is 0 Å². The zero-order valence-electron chi connectivity index (χ0n) is 17.1.